The number of carbonyl (C=O) groups excluding carboxylic acids is 1. The monoisotopic (exact) mass is 277 g/mol. The van der Waals surface area contributed by atoms with Crippen LogP contribution in [0.2, 0.25) is 0 Å². The summed E-state index contributed by atoms with van der Waals surface area (Å²) in [5, 5.41) is 18.2. The zero-order valence-corrected chi connectivity index (χ0v) is 10.7. The lowest BCUT2D eigenvalue weighted by molar-refractivity contribution is 0.0467. The molecule has 19 heavy (non-hydrogen) atoms. The van der Waals surface area contributed by atoms with Gasteiger partial charge in [-0.2, -0.15) is 4.39 Å². The van der Waals surface area contributed by atoms with E-state index in [0.29, 0.717) is 6.07 Å². The Bertz CT molecular complexity index is 517. The van der Waals surface area contributed by atoms with Gasteiger partial charge < -0.3 is 15.1 Å². The molecule has 7 heteroatoms. The molecule has 4 nitrogen and oxygen atoms in total. The number of aromatic hydroxyl groups is 1. The van der Waals surface area contributed by atoms with Gasteiger partial charge in [0.1, 0.15) is 0 Å². The number of amides is 1. The summed E-state index contributed by atoms with van der Waals surface area (Å²) in [6, 6.07) is 0.372. The summed E-state index contributed by atoms with van der Waals surface area (Å²) >= 11 is 0. The van der Waals surface area contributed by atoms with E-state index in [4.69, 9.17) is 10.2 Å². The Labute approximate surface area is 108 Å². The van der Waals surface area contributed by atoms with Crippen LogP contribution in [0.3, 0.4) is 0 Å². The predicted octanol–water partition coefficient (Wildman–Crippen LogP) is 1.65. The summed E-state index contributed by atoms with van der Waals surface area (Å²) in [5.41, 5.74) is -1.83. The minimum atomic E-state index is -1.75. The van der Waals surface area contributed by atoms with Crippen LogP contribution in [0.15, 0.2) is 6.07 Å². The van der Waals surface area contributed by atoms with Crippen molar-refractivity contribution in [3.05, 3.63) is 29.1 Å². The van der Waals surface area contributed by atoms with Gasteiger partial charge in [-0.15, -0.1) is 0 Å². The SMILES string of the molecule is CN(C(=O)c1cc(F)c(F)c(O)c1F)C(C)(C)CO. The molecule has 0 bridgehead atoms. The van der Waals surface area contributed by atoms with E-state index < -0.39 is 46.8 Å². The Kier molecular flexibility index (Phi) is 4.09. The molecule has 0 saturated heterocycles. The molecule has 0 aliphatic carbocycles. The van der Waals surface area contributed by atoms with Crippen LogP contribution >= 0.6 is 0 Å². The second-order valence-electron chi connectivity index (χ2n) is 4.72. The van der Waals surface area contributed by atoms with Crippen molar-refractivity contribution in [3.8, 4) is 5.75 Å². The molecule has 1 aromatic carbocycles. The van der Waals surface area contributed by atoms with E-state index in [1.54, 1.807) is 0 Å². The fraction of sp³-hybridized carbons (Fsp3) is 0.417. The van der Waals surface area contributed by atoms with E-state index in [9.17, 15) is 18.0 Å². The van der Waals surface area contributed by atoms with Crippen LogP contribution < -0.4 is 0 Å². The van der Waals surface area contributed by atoms with Crippen molar-refractivity contribution in [1.82, 2.24) is 4.90 Å². The van der Waals surface area contributed by atoms with Crippen molar-refractivity contribution in [2.24, 2.45) is 0 Å². The van der Waals surface area contributed by atoms with Gasteiger partial charge in [0.15, 0.2) is 17.4 Å². The fourth-order valence-electron chi connectivity index (χ4n) is 1.31. The van der Waals surface area contributed by atoms with Crippen molar-refractivity contribution < 1.29 is 28.2 Å². The number of hydrogen-bond acceptors (Lipinski definition) is 3. The molecular weight excluding hydrogens is 263 g/mol. The molecule has 1 amide bonds. The van der Waals surface area contributed by atoms with E-state index in [-0.39, 0.29) is 0 Å². The summed E-state index contributed by atoms with van der Waals surface area (Å²) < 4.78 is 39.6. The Morgan fingerprint density at radius 2 is 1.84 bits per heavy atom. The third-order valence-corrected chi connectivity index (χ3v) is 2.96. The molecule has 0 saturated carbocycles. The highest BCUT2D eigenvalue weighted by Gasteiger charge is 2.31. The second-order valence-corrected chi connectivity index (χ2v) is 4.72. The summed E-state index contributed by atoms with van der Waals surface area (Å²) in [7, 11) is 1.27. The lowest BCUT2D eigenvalue weighted by Crippen LogP contribution is -2.47. The van der Waals surface area contributed by atoms with E-state index in [1.807, 2.05) is 0 Å². The second kappa shape index (κ2) is 5.08. The van der Waals surface area contributed by atoms with Gasteiger partial charge in [0, 0.05) is 7.05 Å². The van der Waals surface area contributed by atoms with Gasteiger partial charge in [-0.25, -0.2) is 8.78 Å². The topological polar surface area (TPSA) is 60.8 Å². The smallest absolute Gasteiger partial charge is 0.257 e. The first-order chi connectivity index (χ1) is 8.63. The van der Waals surface area contributed by atoms with Gasteiger partial charge in [-0.1, -0.05) is 0 Å². The predicted molar refractivity (Wildman–Crippen MR) is 61.2 cm³/mol. The van der Waals surface area contributed by atoms with Crippen LogP contribution in [0.4, 0.5) is 13.2 Å². The number of carbonyl (C=O) groups is 1. The third-order valence-electron chi connectivity index (χ3n) is 2.96. The molecule has 0 aliphatic heterocycles. The van der Waals surface area contributed by atoms with Gasteiger partial charge >= 0.3 is 0 Å². The average Bonchev–Trinajstić information content (AvgIpc) is 2.38. The number of nitrogens with zero attached hydrogens (tertiary/aromatic N) is 1. The highest BCUT2D eigenvalue weighted by molar-refractivity contribution is 5.95. The molecule has 0 aliphatic rings. The number of phenolic OH excluding ortho intramolecular Hbond substituents is 1. The summed E-state index contributed by atoms with van der Waals surface area (Å²) in [6.45, 7) is 2.59. The molecular formula is C12H14F3NO3. The first kappa shape index (κ1) is 15.3. The maximum Gasteiger partial charge on any atom is 0.257 e. The maximum atomic E-state index is 13.6. The fourth-order valence-corrected chi connectivity index (χ4v) is 1.31. The van der Waals surface area contributed by atoms with Crippen LogP contribution in [-0.2, 0) is 0 Å². The number of aliphatic hydroxyl groups excluding tert-OH is 1. The number of benzene rings is 1. The molecule has 0 spiro atoms. The zero-order chi connectivity index (χ0) is 15.0. The Morgan fingerprint density at radius 3 is 2.32 bits per heavy atom. The standard InChI is InChI=1S/C12H14F3NO3/c1-12(2,5-17)16(3)11(19)6-4-7(13)9(15)10(18)8(6)14/h4,17-18H,5H2,1-3H3. The van der Waals surface area contributed by atoms with E-state index in [2.05, 4.69) is 0 Å². The molecule has 0 heterocycles. The highest BCUT2D eigenvalue weighted by atomic mass is 19.2. The van der Waals surface area contributed by atoms with E-state index >= 15 is 0 Å². The third kappa shape index (κ3) is 2.65. The summed E-state index contributed by atoms with van der Waals surface area (Å²) in [4.78, 5) is 12.9. The molecule has 1 aromatic rings. The van der Waals surface area contributed by atoms with Crippen molar-refractivity contribution >= 4 is 5.91 Å². The van der Waals surface area contributed by atoms with Crippen molar-refractivity contribution in [2.45, 2.75) is 19.4 Å². The van der Waals surface area contributed by atoms with Crippen molar-refractivity contribution in [2.75, 3.05) is 13.7 Å². The van der Waals surface area contributed by atoms with Crippen molar-refractivity contribution in [1.29, 1.82) is 0 Å². The number of rotatable bonds is 3. The van der Waals surface area contributed by atoms with Crippen LogP contribution in [-0.4, -0.2) is 40.2 Å². The zero-order valence-electron chi connectivity index (χ0n) is 10.7. The Hall–Kier alpha value is -1.76. The lowest BCUT2D eigenvalue weighted by Gasteiger charge is -2.34. The molecule has 1 rings (SSSR count). The maximum absolute atomic E-state index is 13.6. The number of phenols is 1. The van der Waals surface area contributed by atoms with Gasteiger partial charge in [0.05, 0.1) is 17.7 Å². The van der Waals surface area contributed by atoms with E-state index in [1.165, 1.54) is 20.9 Å². The van der Waals surface area contributed by atoms with Crippen LogP contribution in [0, 0.1) is 17.5 Å². The first-order valence-electron chi connectivity index (χ1n) is 5.39. The molecule has 0 fully saturated rings. The first-order valence-corrected chi connectivity index (χ1v) is 5.39. The number of likely N-dealkylation sites (N-methyl/N-ethyl adjacent to an activating group) is 1. The quantitative estimate of drug-likeness (QED) is 0.826. The molecule has 0 unspecified atom stereocenters. The van der Waals surface area contributed by atoms with Gasteiger partial charge in [0.2, 0.25) is 5.82 Å². The number of halogens is 3. The molecule has 0 atom stereocenters. The van der Waals surface area contributed by atoms with Crippen molar-refractivity contribution in [3.63, 3.8) is 0 Å². The Balaban J connectivity index is 3.29. The van der Waals surface area contributed by atoms with Gasteiger partial charge in [-0.05, 0) is 19.9 Å². The number of hydrogen-bond donors (Lipinski definition) is 2. The Morgan fingerprint density at radius 1 is 1.32 bits per heavy atom. The van der Waals surface area contributed by atoms with Crippen LogP contribution in [0.25, 0.3) is 0 Å². The summed E-state index contributed by atoms with van der Waals surface area (Å²) in [6.07, 6.45) is 0. The minimum Gasteiger partial charge on any atom is -0.503 e. The van der Waals surface area contributed by atoms with E-state index in [0.717, 1.165) is 4.90 Å². The number of aliphatic hydroxyl groups is 1. The molecule has 2 N–H and O–H groups in total. The summed E-state index contributed by atoms with van der Waals surface area (Å²) in [5.74, 6) is -7.34. The molecule has 0 radical (unpaired) electrons. The highest BCUT2D eigenvalue weighted by Crippen LogP contribution is 2.27. The average molecular weight is 277 g/mol. The van der Waals surface area contributed by atoms with Crippen LogP contribution in [0.5, 0.6) is 5.75 Å². The largest absolute Gasteiger partial charge is 0.503 e. The molecule has 0 aromatic heterocycles. The molecule has 106 valence electrons. The normalized spacial score (nSPS) is 11.5. The van der Waals surface area contributed by atoms with Gasteiger partial charge in [-0.3, -0.25) is 4.79 Å². The minimum absolute atomic E-state index is 0.372. The lowest BCUT2D eigenvalue weighted by atomic mass is 10.0. The van der Waals surface area contributed by atoms with Gasteiger partial charge in [0.25, 0.3) is 5.91 Å². The van der Waals surface area contributed by atoms with Crippen LogP contribution in [0.1, 0.15) is 24.2 Å².